The van der Waals surface area contributed by atoms with Crippen molar-refractivity contribution < 1.29 is 14.4 Å². The Hall–Kier alpha value is -4.31. The average Bonchev–Trinajstić information content (AvgIpc) is 3.27. The average molecular weight is 554 g/mol. The van der Waals surface area contributed by atoms with Crippen LogP contribution >= 0.6 is 0 Å². The minimum absolute atomic E-state index is 0.00209. The van der Waals surface area contributed by atoms with Gasteiger partial charge in [-0.2, -0.15) is 0 Å². The number of amides is 4. The van der Waals surface area contributed by atoms with E-state index in [1.165, 1.54) is 16.0 Å². The predicted molar refractivity (Wildman–Crippen MR) is 156 cm³/mol. The number of fused-ring (bicyclic) bond motifs is 1. The molecule has 212 valence electrons. The smallest absolute Gasteiger partial charge is 0.332 e. The Morgan fingerprint density at radius 3 is 2.41 bits per heavy atom. The summed E-state index contributed by atoms with van der Waals surface area (Å²) in [6.07, 6.45) is 2.59. The number of nitrogens with two attached hydrogens (primary N) is 1. The van der Waals surface area contributed by atoms with Gasteiger partial charge in [0.1, 0.15) is 11.6 Å². The molecule has 0 spiro atoms. The van der Waals surface area contributed by atoms with Crippen LogP contribution in [0.5, 0.6) is 0 Å². The maximum absolute atomic E-state index is 14.3. The topological polar surface area (TPSA) is 116 Å². The fraction of sp³-hybridized carbons (Fsp3) is 0.387. The summed E-state index contributed by atoms with van der Waals surface area (Å²) in [6.45, 7) is 10.0. The second kappa shape index (κ2) is 9.66. The lowest BCUT2D eigenvalue weighted by Gasteiger charge is -2.39. The number of carbonyl (C=O) groups excluding carboxylic acids is 3. The summed E-state index contributed by atoms with van der Waals surface area (Å²) in [7, 11) is 0. The Bertz CT molecular complexity index is 1530. The summed E-state index contributed by atoms with van der Waals surface area (Å²) < 4.78 is 0. The van der Waals surface area contributed by atoms with Crippen molar-refractivity contribution in [3.63, 3.8) is 0 Å². The van der Waals surface area contributed by atoms with Gasteiger partial charge in [0.05, 0.1) is 17.9 Å². The molecule has 2 N–H and O–H groups in total. The van der Waals surface area contributed by atoms with Crippen LogP contribution < -0.4 is 15.5 Å². The number of hydrogen-bond acceptors (Lipinski definition) is 7. The number of aromatic nitrogens is 2. The molecule has 2 fully saturated rings. The number of hydrogen-bond donors (Lipinski definition) is 1. The van der Waals surface area contributed by atoms with Crippen LogP contribution in [-0.4, -0.2) is 62.8 Å². The third kappa shape index (κ3) is 4.42. The van der Waals surface area contributed by atoms with Crippen molar-refractivity contribution in [1.29, 1.82) is 0 Å². The van der Waals surface area contributed by atoms with Crippen molar-refractivity contribution in [3.05, 3.63) is 77.6 Å². The molecular weight excluding hydrogens is 518 g/mol. The highest BCUT2D eigenvalue weighted by Crippen LogP contribution is 2.45. The normalized spacial score (nSPS) is 20.2. The second-order valence-corrected chi connectivity index (χ2v) is 12.2. The van der Waals surface area contributed by atoms with E-state index < -0.39 is 11.6 Å². The standard InChI is InChI=1S/C31H35N7O3/c1-30(2)19-36(26(39)25(35-15-8-16-35)20-9-6-5-7-10-20)24-17-22(11-12-23(24)30)38-27(40)31(3,4)37(29(38)41)18-21-13-14-33-28(32)34-21/h5-7,9-14,17,25H,8,15-16,18-19H2,1-4H3,(H2,32,33,34). The molecule has 0 bridgehead atoms. The molecule has 6 rings (SSSR count). The zero-order valence-corrected chi connectivity index (χ0v) is 23.9. The Balaban J connectivity index is 1.35. The van der Waals surface area contributed by atoms with Gasteiger partial charge in [0.25, 0.3) is 5.91 Å². The summed E-state index contributed by atoms with van der Waals surface area (Å²) in [4.78, 5) is 56.6. The van der Waals surface area contributed by atoms with Crippen molar-refractivity contribution in [3.8, 4) is 0 Å². The van der Waals surface area contributed by atoms with E-state index in [9.17, 15) is 14.4 Å². The van der Waals surface area contributed by atoms with Crippen LogP contribution in [0.2, 0.25) is 0 Å². The van der Waals surface area contributed by atoms with Crippen LogP contribution in [0.3, 0.4) is 0 Å². The first-order valence-electron chi connectivity index (χ1n) is 14.0. The number of benzene rings is 2. The highest BCUT2D eigenvalue weighted by Gasteiger charge is 2.52. The Morgan fingerprint density at radius 2 is 1.76 bits per heavy atom. The van der Waals surface area contributed by atoms with E-state index in [0.717, 1.165) is 36.3 Å². The monoisotopic (exact) mass is 553 g/mol. The molecule has 1 atom stereocenters. The molecule has 1 unspecified atom stereocenters. The first-order valence-corrected chi connectivity index (χ1v) is 14.0. The summed E-state index contributed by atoms with van der Waals surface area (Å²) in [5, 5.41) is 0. The van der Waals surface area contributed by atoms with Gasteiger partial charge in [-0.15, -0.1) is 0 Å². The van der Waals surface area contributed by atoms with E-state index in [4.69, 9.17) is 5.73 Å². The van der Waals surface area contributed by atoms with Gasteiger partial charge in [-0.25, -0.2) is 19.7 Å². The van der Waals surface area contributed by atoms with Crippen LogP contribution in [0.25, 0.3) is 0 Å². The van der Waals surface area contributed by atoms with Gasteiger partial charge >= 0.3 is 6.03 Å². The molecule has 10 heteroatoms. The lowest BCUT2D eigenvalue weighted by atomic mass is 9.87. The molecule has 10 nitrogen and oxygen atoms in total. The lowest BCUT2D eigenvalue weighted by molar-refractivity contribution is -0.125. The number of likely N-dealkylation sites (tertiary alicyclic amines) is 1. The number of nitrogen functional groups attached to an aromatic ring is 1. The molecule has 41 heavy (non-hydrogen) atoms. The number of anilines is 3. The molecule has 4 heterocycles. The van der Waals surface area contributed by atoms with Gasteiger partial charge in [0.2, 0.25) is 11.9 Å². The SMILES string of the molecule is CC1(C)CN(C(=O)C(c2ccccc2)N2CCC2)c2cc(N3C(=O)N(Cc4ccnc(N)n4)C(C)(C)C3=O)ccc21. The zero-order valence-electron chi connectivity index (χ0n) is 23.9. The maximum Gasteiger partial charge on any atom is 0.332 e. The highest BCUT2D eigenvalue weighted by atomic mass is 16.2. The molecule has 0 radical (unpaired) electrons. The van der Waals surface area contributed by atoms with Crippen LogP contribution in [0.15, 0.2) is 60.8 Å². The summed E-state index contributed by atoms with van der Waals surface area (Å²) in [6, 6.07) is 16.3. The van der Waals surface area contributed by atoms with Gasteiger partial charge in [-0.1, -0.05) is 50.2 Å². The van der Waals surface area contributed by atoms with Gasteiger partial charge in [-0.05, 0) is 49.6 Å². The largest absolute Gasteiger partial charge is 0.368 e. The Kier molecular flexibility index (Phi) is 6.33. The van der Waals surface area contributed by atoms with Crippen molar-refractivity contribution in [2.75, 3.05) is 35.2 Å². The number of carbonyl (C=O) groups is 3. The highest BCUT2D eigenvalue weighted by molar-refractivity contribution is 6.23. The van der Waals surface area contributed by atoms with Crippen molar-refractivity contribution >= 4 is 35.2 Å². The fourth-order valence-electron chi connectivity index (χ4n) is 6.10. The molecule has 0 saturated carbocycles. The third-order valence-corrected chi connectivity index (χ3v) is 8.56. The Labute approximate surface area is 239 Å². The van der Waals surface area contributed by atoms with E-state index >= 15 is 0 Å². The fourth-order valence-corrected chi connectivity index (χ4v) is 6.10. The van der Waals surface area contributed by atoms with Crippen LogP contribution in [0.4, 0.5) is 22.1 Å². The number of imide groups is 1. The van der Waals surface area contributed by atoms with Gasteiger partial charge in [0, 0.05) is 36.9 Å². The molecular formula is C31H35N7O3. The van der Waals surface area contributed by atoms with E-state index in [0.29, 0.717) is 17.9 Å². The summed E-state index contributed by atoms with van der Waals surface area (Å²) in [5.41, 5.74) is 8.03. The van der Waals surface area contributed by atoms with Crippen molar-refractivity contribution in [1.82, 2.24) is 19.8 Å². The van der Waals surface area contributed by atoms with Gasteiger partial charge in [0.15, 0.2) is 0 Å². The molecule has 3 aromatic rings. The number of rotatable bonds is 6. The van der Waals surface area contributed by atoms with E-state index in [1.54, 1.807) is 26.0 Å². The minimum Gasteiger partial charge on any atom is -0.368 e. The third-order valence-electron chi connectivity index (χ3n) is 8.56. The summed E-state index contributed by atoms with van der Waals surface area (Å²) >= 11 is 0. The molecule has 3 aliphatic rings. The first kappa shape index (κ1) is 26.9. The molecule has 0 aliphatic carbocycles. The van der Waals surface area contributed by atoms with Crippen LogP contribution in [-0.2, 0) is 21.5 Å². The lowest BCUT2D eigenvalue weighted by Crippen LogP contribution is -2.49. The van der Waals surface area contributed by atoms with E-state index in [1.807, 2.05) is 47.4 Å². The molecule has 2 saturated heterocycles. The van der Waals surface area contributed by atoms with Crippen LogP contribution in [0, 0.1) is 0 Å². The van der Waals surface area contributed by atoms with Crippen molar-refractivity contribution in [2.24, 2.45) is 0 Å². The molecule has 1 aromatic heterocycles. The van der Waals surface area contributed by atoms with E-state index in [2.05, 4.69) is 28.7 Å². The number of urea groups is 1. The Morgan fingerprint density at radius 1 is 1.02 bits per heavy atom. The van der Waals surface area contributed by atoms with E-state index in [-0.39, 0.29) is 35.8 Å². The van der Waals surface area contributed by atoms with Crippen molar-refractivity contribution in [2.45, 2.75) is 57.7 Å². The van der Waals surface area contributed by atoms with Crippen LogP contribution in [0.1, 0.15) is 57.0 Å². The van der Waals surface area contributed by atoms with Gasteiger partial charge in [-0.3, -0.25) is 14.5 Å². The van der Waals surface area contributed by atoms with Gasteiger partial charge < -0.3 is 15.5 Å². The molecule has 3 aliphatic heterocycles. The first-order chi connectivity index (χ1) is 19.5. The predicted octanol–water partition coefficient (Wildman–Crippen LogP) is 3.88. The maximum atomic E-state index is 14.3. The minimum atomic E-state index is -1.11. The molecule has 4 amide bonds. The quantitative estimate of drug-likeness (QED) is 0.461. The zero-order chi connectivity index (χ0) is 29.1. The molecule has 2 aromatic carbocycles. The summed E-state index contributed by atoms with van der Waals surface area (Å²) in [5.74, 6) is -0.238. The second-order valence-electron chi connectivity index (χ2n) is 12.2. The number of nitrogens with zero attached hydrogens (tertiary/aromatic N) is 6.